The van der Waals surface area contributed by atoms with E-state index < -0.39 is 12.1 Å². The monoisotopic (exact) mass is 575 g/mol. The highest BCUT2D eigenvalue weighted by molar-refractivity contribution is 6.05. The number of hydrogen-bond donors (Lipinski definition) is 3. The molecule has 12 nitrogen and oxygen atoms in total. The number of rotatable bonds is 7. The fraction of sp³-hybridized carbons (Fsp3) is 0.333. The van der Waals surface area contributed by atoms with E-state index in [1.54, 1.807) is 67.4 Å². The molecule has 0 bridgehead atoms. The van der Waals surface area contributed by atoms with Crippen LogP contribution in [0.1, 0.15) is 34.6 Å². The number of anilines is 2. The summed E-state index contributed by atoms with van der Waals surface area (Å²) < 4.78 is 17.1. The Kier molecular flexibility index (Phi) is 8.43. The first kappa shape index (κ1) is 28.7. The molecule has 0 spiro atoms. The minimum Gasteiger partial charge on any atom is -0.487 e. The van der Waals surface area contributed by atoms with Gasteiger partial charge < -0.3 is 39.8 Å². The Morgan fingerprint density at radius 3 is 2.48 bits per heavy atom. The molecule has 0 aliphatic carbocycles. The van der Waals surface area contributed by atoms with Crippen molar-refractivity contribution in [2.75, 3.05) is 44.2 Å². The molecule has 3 atom stereocenters. The van der Waals surface area contributed by atoms with Gasteiger partial charge >= 0.3 is 6.03 Å². The summed E-state index contributed by atoms with van der Waals surface area (Å²) in [4.78, 5) is 46.5. The smallest absolute Gasteiger partial charge is 0.321 e. The first-order valence-electron chi connectivity index (χ1n) is 13.6. The van der Waals surface area contributed by atoms with Gasteiger partial charge in [0.25, 0.3) is 11.8 Å². The standard InChI is InChI=1S/C30H33N5O7/c1-18-14-35(19(2)16-36)29(38)23-12-21(32-28(37)20-8-10-31-11-9-20)4-6-24(23)42-27(18)15-34(3)30(39)33-22-5-7-25-26(13-22)41-17-40-25/h4-13,18-19,27,36H,14-17H2,1-3H3,(H,32,37)(H,33,39)/t18-,19+,27-/m0/s1. The quantitative estimate of drug-likeness (QED) is 0.389. The predicted octanol–water partition coefficient (Wildman–Crippen LogP) is 3.45. The number of nitrogens with one attached hydrogen (secondary N) is 2. The van der Waals surface area contributed by atoms with Gasteiger partial charge in [-0.2, -0.15) is 0 Å². The minimum atomic E-state index is -0.491. The van der Waals surface area contributed by atoms with Crippen molar-refractivity contribution in [3.63, 3.8) is 0 Å². The topological polar surface area (TPSA) is 143 Å². The maximum absolute atomic E-state index is 13.7. The third-order valence-corrected chi connectivity index (χ3v) is 7.29. The number of carbonyl (C=O) groups is 3. The van der Waals surface area contributed by atoms with E-state index >= 15 is 0 Å². The normalized spacial score (nSPS) is 18.2. The molecule has 1 aromatic heterocycles. The van der Waals surface area contributed by atoms with Crippen LogP contribution < -0.4 is 24.8 Å². The lowest BCUT2D eigenvalue weighted by Crippen LogP contribution is -2.50. The fourth-order valence-electron chi connectivity index (χ4n) is 4.77. The van der Waals surface area contributed by atoms with E-state index in [0.29, 0.717) is 34.2 Å². The second kappa shape index (κ2) is 12.4. The maximum Gasteiger partial charge on any atom is 0.321 e. The van der Waals surface area contributed by atoms with Crippen molar-refractivity contribution in [2.45, 2.75) is 26.0 Å². The van der Waals surface area contributed by atoms with E-state index in [-0.39, 0.29) is 55.8 Å². The molecular formula is C30H33N5O7. The number of carbonyl (C=O) groups excluding carboxylic acids is 3. The van der Waals surface area contributed by atoms with Crippen molar-refractivity contribution in [1.82, 2.24) is 14.8 Å². The minimum absolute atomic E-state index is 0.137. The summed E-state index contributed by atoms with van der Waals surface area (Å²) >= 11 is 0. The van der Waals surface area contributed by atoms with Crippen molar-refractivity contribution in [3.8, 4) is 17.2 Å². The van der Waals surface area contributed by atoms with Crippen LogP contribution in [-0.4, -0.2) is 83.4 Å². The number of urea groups is 1. The maximum atomic E-state index is 13.7. The van der Waals surface area contributed by atoms with Gasteiger partial charge in [0.1, 0.15) is 11.9 Å². The number of aliphatic hydroxyl groups excluding tert-OH is 1. The molecule has 5 rings (SSSR count). The number of amides is 4. The van der Waals surface area contributed by atoms with E-state index in [0.717, 1.165) is 0 Å². The van der Waals surface area contributed by atoms with Gasteiger partial charge in [0.2, 0.25) is 6.79 Å². The van der Waals surface area contributed by atoms with Crippen LogP contribution in [0, 0.1) is 5.92 Å². The van der Waals surface area contributed by atoms with Crippen molar-refractivity contribution < 1.29 is 33.7 Å². The Morgan fingerprint density at radius 2 is 1.74 bits per heavy atom. The number of ether oxygens (including phenoxy) is 3. The highest BCUT2D eigenvalue weighted by Crippen LogP contribution is 2.34. The second-order valence-electron chi connectivity index (χ2n) is 10.4. The molecule has 2 aliphatic heterocycles. The van der Waals surface area contributed by atoms with Gasteiger partial charge in [-0.3, -0.25) is 14.6 Å². The van der Waals surface area contributed by atoms with Gasteiger partial charge in [0.15, 0.2) is 11.5 Å². The highest BCUT2D eigenvalue weighted by atomic mass is 16.7. The van der Waals surface area contributed by atoms with E-state index in [1.807, 2.05) is 6.92 Å². The van der Waals surface area contributed by atoms with Crippen LogP contribution in [0.5, 0.6) is 17.2 Å². The first-order valence-corrected chi connectivity index (χ1v) is 13.6. The summed E-state index contributed by atoms with van der Waals surface area (Å²) in [6, 6.07) is 12.4. The second-order valence-corrected chi connectivity index (χ2v) is 10.4. The highest BCUT2D eigenvalue weighted by Gasteiger charge is 2.34. The van der Waals surface area contributed by atoms with Crippen molar-refractivity contribution in [3.05, 3.63) is 72.1 Å². The molecule has 220 valence electrons. The first-order chi connectivity index (χ1) is 20.2. The number of hydrogen-bond acceptors (Lipinski definition) is 8. The molecule has 3 N–H and O–H groups in total. The van der Waals surface area contributed by atoms with Crippen LogP contribution in [0.15, 0.2) is 60.9 Å². The fourth-order valence-corrected chi connectivity index (χ4v) is 4.77. The van der Waals surface area contributed by atoms with Crippen molar-refractivity contribution in [2.24, 2.45) is 5.92 Å². The zero-order chi connectivity index (χ0) is 29.8. The van der Waals surface area contributed by atoms with Gasteiger partial charge in [-0.05, 0) is 49.4 Å². The van der Waals surface area contributed by atoms with Crippen LogP contribution in [0.3, 0.4) is 0 Å². The van der Waals surface area contributed by atoms with Crippen molar-refractivity contribution >= 4 is 29.2 Å². The van der Waals surface area contributed by atoms with Crippen LogP contribution in [0.4, 0.5) is 16.2 Å². The van der Waals surface area contributed by atoms with Crippen LogP contribution in [0.25, 0.3) is 0 Å². The summed E-state index contributed by atoms with van der Waals surface area (Å²) in [5, 5.41) is 15.6. The van der Waals surface area contributed by atoms with Crippen LogP contribution in [0.2, 0.25) is 0 Å². The van der Waals surface area contributed by atoms with Crippen LogP contribution in [-0.2, 0) is 0 Å². The molecular weight excluding hydrogens is 542 g/mol. The summed E-state index contributed by atoms with van der Waals surface area (Å²) in [5.74, 6) is 0.627. The Labute approximate surface area is 243 Å². The van der Waals surface area contributed by atoms with E-state index in [1.165, 1.54) is 17.3 Å². The predicted molar refractivity (Wildman–Crippen MR) is 154 cm³/mol. The molecule has 3 heterocycles. The molecule has 0 saturated heterocycles. The van der Waals surface area contributed by atoms with E-state index in [4.69, 9.17) is 14.2 Å². The molecule has 2 aromatic carbocycles. The molecule has 42 heavy (non-hydrogen) atoms. The molecule has 12 heteroatoms. The Balaban J connectivity index is 1.36. The van der Waals surface area contributed by atoms with Gasteiger partial charge in [-0.25, -0.2) is 4.79 Å². The van der Waals surface area contributed by atoms with E-state index in [2.05, 4.69) is 15.6 Å². The molecule has 4 amide bonds. The lowest BCUT2D eigenvalue weighted by molar-refractivity contribution is 0.0371. The Bertz CT molecular complexity index is 1470. The van der Waals surface area contributed by atoms with Gasteiger partial charge in [-0.1, -0.05) is 6.92 Å². The number of aromatic nitrogens is 1. The lowest BCUT2D eigenvalue weighted by atomic mass is 9.99. The summed E-state index contributed by atoms with van der Waals surface area (Å²) in [5.41, 5.74) is 1.63. The Hall–Kier alpha value is -4.84. The third-order valence-electron chi connectivity index (χ3n) is 7.29. The number of likely N-dealkylation sites (N-methyl/N-ethyl adjacent to an activating group) is 1. The molecule has 3 aromatic rings. The summed E-state index contributed by atoms with van der Waals surface area (Å²) in [6.45, 7) is 4.12. The molecule has 2 aliphatic rings. The lowest BCUT2D eigenvalue weighted by Gasteiger charge is -2.38. The SMILES string of the molecule is C[C@H](CO)N1C[C@H](C)[C@H](CN(C)C(=O)Nc2ccc3c(c2)OCO3)Oc2ccc(NC(=O)c3ccncc3)cc2C1=O. The molecule has 0 fully saturated rings. The largest absolute Gasteiger partial charge is 0.487 e. The van der Waals surface area contributed by atoms with E-state index in [9.17, 15) is 19.5 Å². The summed E-state index contributed by atoms with van der Waals surface area (Å²) in [6.07, 6.45) is 2.55. The van der Waals surface area contributed by atoms with Gasteiger partial charge in [0.05, 0.1) is 24.8 Å². The zero-order valence-corrected chi connectivity index (χ0v) is 23.6. The van der Waals surface area contributed by atoms with Gasteiger partial charge in [0, 0.05) is 54.9 Å². The molecule has 0 saturated carbocycles. The molecule has 0 radical (unpaired) electrons. The third kappa shape index (κ3) is 6.23. The van der Waals surface area contributed by atoms with Gasteiger partial charge in [-0.15, -0.1) is 0 Å². The number of fused-ring (bicyclic) bond motifs is 2. The van der Waals surface area contributed by atoms with Crippen LogP contribution >= 0.6 is 0 Å². The number of aliphatic hydroxyl groups is 1. The number of benzene rings is 2. The number of pyridine rings is 1. The average Bonchev–Trinajstić information content (AvgIpc) is 3.47. The Morgan fingerprint density at radius 1 is 1.05 bits per heavy atom. The average molecular weight is 576 g/mol. The zero-order valence-electron chi connectivity index (χ0n) is 23.6. The summed E-state index contributed by atoms with van der Waals surface area (Å²) in [7, 11) is 1.66. The molecule has 0 unspecified atom stereocenters. The number of nitrogens with zero attached hydrogens (tertiary/aromatic N) is 3. The van der Waals surface area contributed by atoms with Crippen molar-refractivity contribution in [1.29, 1.82) is 0 Å².